The van der Waals surface area contributed by atoms with Gasteiger partial charge in [-0.15, -0.1) is 0 Å². The molecule has 3 aromatic rings. The molecule has 0 saturated carbocycles. The summed E-state index contributed by atoms with van der Waals surface area (Å²) in [5.74, 6) is 0.696. The van der Waals surface area contributed by atoms with E-state index in [1.165, 1.54) is 0 Å². The Labute approximate surface area is 109 Å². The summed E-state index contributed by atoms with van der Waals surface area (Å²) in [5, 5.41) is 1.57. The van der Waals surface area contributed by atoms with Crippen molar-refractivity contribution in [2.75, 3.05) is 5.73 Å². The molecule has 0 radical (unpaired) electrons. The molecule has 3 nitrogen and oxygen atoms in total. The second kappa shape index (κ2) is 4.03. The molecule has 2 heterocycles. The Kier molecular flexibility index (Phi) is 2.49. The number of hydrogen-bond donors (Lipinski definition) is 1. The van der Waals surface area contributed by atoms with Crippen LogP contribution in [-0.4, -0.2) is 4.98 Å². The molecular formula is C14H11ClN2O. The van der Waals surface area contributed by atoms with E-state index in [0.717, 1.165) is 16.8 Å². The molecule has 90 valence electrons. The first kappa shape index (κ1) is 11.1. The van der Waals surface area contributed by atoms with Crippen molar-refractivity contribution in [2.45, 2.75) is 6.92 Å². The lowest BCUT2D eigenvalue weighted by molar-refractivity contribution is 0.628. The van der Waals surface area contributed by atoms with Gasteiger partial charge in [-0.05, 0) is 31.2 Å². The van der Waals surface area contributed by atoms with Gasteiger partial charge in [-0.25, -0.2) is 4.98 Å². The van der Waals surface area contributed by atoms with E-state index in [1.54, 1.807) is 6.07 Å². The fraction of sp³-hybridized carbons (Fsp3) is 0.0714. The fourth-order valence-electron chi connectivity index (χ4n) is 1.86. The minimum Gasteiger partial charge on any atom is -0.453 e. The van der Waals surface area contributed by atoms with Gasteiger partial charge in [-0.3, -0.25) is 0 Å². The number of furan rings is 1. The molecule has 2 N–H and O–H groups in total. The number of para-hydroxylation sites is 1. The lowest BCUT2D eigenvalue weighted by Gasteiger charge is -2.00. The predicted octanol–water partition coefficient (Wildman–Crippen LogP) is 4.04. The second-order valence-corrected chi connectivity index (χ2v) is 4.55. The van der Waals surface area contributed by atoms with Gasteiger partial charge >= 0.3 is 0 Å². The molecule has 0 atom stereocenters. The number of nitrogen functional groups attached to an aromatic ring is 1. The van der Waals surface area contributed by atoms with Gasteiger partial charge in [-0.1, -0.05) is 23.7 Å². The highest BCUT2D eigenvalue weighted by Gasteiger charge is 2.10. The minimum absolute atomic E-state index is 0.603. The fourth-order valence-corrected chi connectivity index (χ4v) is 2.08. The highest BCUT2D eigenvalue weighted by atomic mass is 35.5. The van der Waals surface area contributed by atoms with Gasteiger partial charge in [0, 0.05) is 5.39 Å². The van der Waals surface area contributed by atoms with E-state index in [1.807, 2.05) is 37.3 Å². The Morgan fingerprint density at radius 3 is 2.78 bits per heavy atom. The van der Waals surface area contributed by atoms with Gasteiger partial charge in [-0.2, -0.15) is 0 Å². The number of aromatic nitrogens is 1. The summed E-state index contributed by atoms with van der Waals surface area (Å²) < 4.78 is 5.74. The zero-order valence-corrected chi connectivity index (χ0v) is 10.5. The first-order chi connectivity index (χ1) is 8.65. The molecule has 0 fully saturated rings. The molecule has 0 aliphatic heterocycles. The van der Waals surface area contributed by atoms with E-state index in [4.69, 9.17) is 21.8 Å². The van der Waals surface area contributed by atoms with Crippen LogP contribution in [0.2, 0.25) is 5.02 Å². The third kappa shape index (κ3) is 1.73. The van der Waals surface area contributed by atoms with E-state index in [2.05, 4.69) is 4.98 Å². The summed E-state index contributed by atoms with van der Waals surface area (Å²) in [4.78, 5) is 4.41. The van der Waals surface area contributed by atoms with Gasteiger partial charge in [0.2, 0.25) is 0 Å². The lowest BCUT2D eigenvalue weighted by Crippen LogP contribution is -1.93. The van der Waals surface area contributed by atoms with Crippen molar-refractivity contribution in [1.29, 1.82) is 0 Å². The van der Waals surface area contributed by atoms with Crippen molar-refractivity contribution >= 4 is 28.3 Å². The first-order valence-electron chi connectivity index (χ1n) is 5.57. The highest BCUT2D eigenvalue weighted by Crippen LogP contribution is 2.31. The van der Waals surface area contributed by atoms with Crippen LogP contribution in [0.4, 0.5) is 5.69 Å². The number of benzene rings is 1. The molecular weight excluding hydrogens is 248 g/mol. The first-order valence-corrected chi connectivity index (χ1v) is 5.94. The molecule has 4 heteroatoms. The van der Waals surface area contributed by atoms with Crippen molar-refractivity contribution < 1.29 is 4.42 Å². The predicted molar refractivity (Wildman–Crippen MR) is 73.6 cm³/mol. The molecule has 0 amide bonds. The number of fused-ring (bicyclic) bond motifs is 1. The number of hydrogen-bond acceptors (Lipinski definition) is 3. The van der Waals surface area contributed by atoms with Gasteiger partial charge < -0.3 is 10.2 Å². The van der Waals surface area contributed by atoms with Gasteiger partial charge in [0.05, 0.1) is 16.4 Å². The van der Waals surface area contributed by atoms with Gasteiger partial charge in [0.1, 0.15) is 5.69 Å². The second-order valence-electron chi connectivity index (χ2n) is 4.14. The number of halogens is 1. The van der Waals surface area contributed by atoms with Crippen LogP contribution in [0.3, 0.4) is 0 Å². The number of rotatable bonds is 1. The number of aryl methyl sites for hydroxylation is 1. The summed E-state index contributed by atoms with van der Waals surface area (Å²) in [6, 6.07) is 11.3. The smallest absolute Gasteiger partial charge is 0.153 e. The Bertz CT molecular complexity index is 734. The standard InChI is InChI=1S/C14H11ClN2O/c1-8-11(16)5-6-12(17-8)13-7-9-3-2-4-10(15)14(9)18-13/h2-7H,16H2,1H3. The Morgan fingerprint density at radius 2 is 2.06 bits per heavy atom. The topological polar surface area (TPSA) is 52.0 Å². The van der Waals surface area contributed by atoms with Crippen molar-refractivity contribution in [1.82, 2.24) is 4.98 Å². The molecule has 0 spiro atoms. The van der Waals surface area contributed by atoms with Gasteiger partial charge in [0.25, 0.3) is 0 Å². The van der Waals surface area contributed by atoms with Crippen LogP contribution >= 0.6 is 11.6 Å². The lowest BCUT2D eigenvalue weighted by atomic mass is 10.2. The number of nitrogens with zero attached hydrogens (tertiary/aromatic N) is 1. The molecule has 0 unspecified atom stereocenters. The normalized spacial score (nSPS) is 11.0. The third-order valence-electron chi connectivity index (χ3n) is 2.88. The van der Waals surface area contributed by atoms with Crippen molar-refractivity contribution in [2.24, 2.45) is 0 Å². The quantitative estimate of drug-likeness (QED) is 0.717. The zero-order chi connectivity index (χ0) is 12.7. The van der Waals surface area contributed by atoms with Gasteiger partial charge in [0.15, 0.2) is 11.3 Å². The van der Waals surface area contributed by atoms with Crippen LogP contribution in [0.1, 0.15) is 5.69 Å². The van der Waals surface area contributed by atoms with Crippen LogP contribution in [0.5, 0.6) is 0 Å². The summed E-state index contributed by atoms with van der Waals surface area (Å²) in [5.41, 5.74) is 8.66. The molecule has 1 aromatic carbocycles. The maximum atomic E-state index is 6.08. The Balaban J connectivity index is 2.19. The van der Waals surface area contributed by atoms with E-state index in [9.17, 15) is 0 Å². The largest absolute Gasteiger partial charge is 0.453 e. The van der Waals surface area contributed by atoms with Crippen LogP contribution < -0.4 is 5.73 Å². The summed E-state index contributed by atoms with van der Waals surface area (Å²) in [6.45, 7) is 1.87. The van der Waals surface area contributed by atoms with Crippen molar-refractivity contribution in [3.63, 3.8) is 0 Å². The molecule has 0 bridgehead atoms. The highest BCUT2D eigenvalue weighted by molar-refractivity contribution is 6.34. The molecule has 0 saturated heterocycles. The maximum Gasteiger partial charge on any atom is 0.153 e. The SMILES string of the molecule is Cc1nc(-c2cc3cccc(Cl)c3o2)ccc1N. The summed E-state index contributed by atoms with van der Waals surface area (Å²) >= 11 is 6.08. The molecule has 0 aliphatic rings. The van der Waals surface area contributed by atoms with E-state index in [-0.39, 0.29) is 0 Å². The number of pyridine rings is 1. The molecule has 18 heavy (non-hydrogen) atoms. The van der Waals surface area contributed by atoms with E-state index in [0.29, 0.717) is 22.1 Å². The minimum atomic E-state index is 0.603. The summed E-state index contributed by atoms with van der Waals surface area (Å²) in [7, 11) is 0. The van der Waals surface area contributed by atoms with Crippen LogP contribution in [-0.2, 0) is 0 Å². The number of nitrogens with two attached hydrogens (primary N) is 1. The monoisotopic (exact) mass is 258 g/mol. The van der Waals surface area contributed by atoms with E-state index < -0.39 is 0 Å². The van der Waals surface area contributed by atoms with Crippen LogP contribution in [0, 0.1) is 6.92 Å². The van der Waals surface area contributed by atoms with Crippen molar-refractivity contribution in [3.05, 3.63) is 47.1 Å². The Hall–Kier alpha value is -2.00. The Morgan fingerprint density at radius 1 is 1.22 bits per heavy atom. The maximum absolute atomic E-state index is 6.08. The van der Waals surface area contributed by atoms with E-state index >= 15 is 0 Å². The molecule has 3 rings (SSSR count). The van der Waals surface area contributed by atoms with Crippen molar-refractivity contribution in [3.8, 4) is 11.5 Å². The molecule has 0 aliphatic carbocycles. The average Bonchev–Trinajstić information content (AvgIpc) is 2.78. The number of anilines is 1. The zero-order valence-electron chi connectivity index (χ0n) is 9.77. The molecule has 2 aromatic heterocycles. The average molecular weight is 259 g/mol. The third-order valence-corrected chi connectivity index (χ3v) is 3.17. The van der Waals surface area contributed by atoms with Crippen LogP contribution in [0.15, 0.2) is 40.8 Å². The van der Waals surface area contributed by atoms with Crippen LogP contribution in [0.25, 0.3) is 22.4 Å². The summed E-state index contributed by atoms with van der Waals surface area (Å²) in [6.07, 6.45) is 0.